The molecule has 0 aliphatic carbocycles. The molecule has 0 bridgehead atoms. The van der Waals surface area contributed by atoms with Crippen LogP contribution in [0.1, 0.15) is 19.8 Å². The van der Waals surface area contributed by atoms with Gasteiger partial charge in [0.15, 0.2) is 17.5 Å². The van der Waals surface area contributed by atoms with E-state index in [4.69, 9.17) is 15.2 Å². The standard InChI is InChI=1S/C17H28N4O2.HI/c1-13(12-21-8-4-5-9-21)11-19-17(18)20-14-6-7-15(22-2)16(10-14)23-3;/h6-7,10,13H,4-5,8-9,11-12H2,1-3H3,(H3,18,19,20);1H. The van der Waals surface area contributed by atoms with E-state index in [0.717, 1.165) is 18.8 Å². The molecule has 1 saturated heterocycles. The Hall–Kier alpha value is -1.22. The van der Waals surface area contributed by atoms with Crippen molar-refractivity contribution in [3.05, 3.63) is 18.2 Å². The van der Waals surface area contributed by atoms with Crippen molar-refractivity contribution >= 4 is 35.6 Å². The first-order chi connectivity index (χ1) is 11.1. The molecule has 136 valence electrons. The highest BCUT2D eigenvalue weighted by Crippen LogP contribution is 2.29. The van der Waals surface area contributed by atoms with E-state index in [1.165, 1.54) is 25.9 Å². The van der Waals surface area contributed by atoms with Crippen LogP contribution in [0.15, 0.2) is 23.2 Å². The fourth-order valence-corrected chi connectivity index (χ4v) is 2.82. The zero-order valence-corrected chi connectivity index (χ0v) is 17.1. The molecule has 1 aliphatic heterocycles. The fourth-order valence-electron chi connectivity index (χ4n) is 2.82. The van der Waals surface area contributed by atoms with Gasteiger partial charge in [0.25, 0.3) is 0 Å². The lowest BCUT2D eigenvalue weighted by molar-refractivity contribution is 0.292. The summed E-state index contributed by atoms with van der Waals surface area (Å²) < 4.78 is 10.5. The number of aliphatic imine (C=N–C) groups is 1. The lowest BCUT2D eigenvalue weighted by atomic mass is 10.2. The second-order valence-corrected chi connectivity index (χ2v) is 6.03. The Morgan fingerprint density at radius 1 is 1.25 bits per heavy atom. The predicted octanol–water partition coefficient (Wildman–Crippen LogP) is 2.78. The number of hydrogen-bond donors (Lipinski definition) is 2. The average Bonchev–Trinajstić information content (AvgIpc) is 3.05. The number of anilines is 1. The molecule has 1 heterocycles. The van der Waals surface area contributed by atoms with Gasteiger partial charge in [0, 0.05) is 24.8 Å². The second-order valence-electron chi connectivity index (χ2n) is 6.03. The Bertz CT molecular complexity index is 533. The molecule has 6 nitrogen and oxygen atoms in total. The zero-order chi connectivity index (χ0) is 16.7. The molecule has 7 heteroatoms. The largest absolute Gasteiger partial charge is 0.493 e. The van der Waals surface area contributed by atoms with Crippen LogP contribution in [0.25, 0.3) is 0 Å². The number of hydrogen-bond acceptors (Lipinski definition) is 4. The molecule has 0 spiro atoms. The molecule has 1 atom stereocenters. The van der Waals surface area contributed by atoms with E-state index < -0.39 is 0 Å². The Kier molecular flexibility index (Phi) is 9.20. The third kappa shape index (κ3) is 6.35. The van der Waals surface area contributed by atoms with Crippen LogP contribution in [-0.2, 0) is 0 Å². The van der Waals surface area contributed by atoms with Crippen LogP contribution in [0.2, 0.25) is 0 Å². The fraction of sp³-hybridized carbons (Fsp3) is 0.588. The second kappa shape index (κ2) is 10.6. The number of rotatable bonds is 7. The summed E-state index contributed by atoms with van der Waals surface area (Å²) >= 11 is 0. The molecule has 3 N–H and O–H groups in total. The highest BCUT2D eigenvalue weighted by atomic mass is 127. The number of nitrogens with zero attached hydrogens (tertiary/aromatic N) is 2. The van der Waals surface area contributed by atoms with Crippen molar-refractivity contribution < 1.29 is 9.47 Å². The van der Waals surface area contributed by atoms with Crippen molar-refractivity contribution in [1.82, 2.24) is 4.90 Å². The summed E-state index contributed by atoms with van der Waals surface area (Å²) in [6.07, 6.45) is 2.64. The van der Waals surface area contributed by atoms with Crippen LogP contribution >= 0.6 is 24.0 Å². The summed E-state index contributed by atoms with van der Waals surface area (Å²) in [4.78, 5) is 6.94. The molecule has 2 rings (SSSR count). The van der Waals surface area contributed by atoms with Crippen LogP contribution < -0.4 is 20.5 Å². The summed E-state index contributed by atoms with van der Waals surface area (Å²) in [6.45, 7) is 6.46. The van der Waals surface area contributed by atoms with Crippen molar-refractivity contribution in [3.63, 3.8) is 0 Å². The molecule has 0 saturated carbocycles. The summed E-state index contributed by atoms with van der Waals surface area (Å²) in [5.74, 6) is 2.27. The molecule has 0 aromatic heterocycles. The monoisotopic (exact) mass is 448 g/mol. The molecule has 0 radical (unpaired) electrons. The minimum atomic E-state index is 0. The van der Waals surface area contributed by atoms with E-state index in [9.17, 15) is 0 Å². The van der Waals surface area contributed by atoms with Crippen LogP contribution in [0, 0.1) is 5.92 Å². The zero-order valence-electron chi connectivity index (χ0n) is 14.7. The van der Waals surface area contributed by atoms with Gasteiger partial charge in [0.05, 0.1) is 14.2 Å². The molecule has 1 aliphatic rings. The van der Waals surface area contributed by atoms with E-state index >= 15 is 0 Å². The Labute approximate surface area is 161 Å². The van der Waals surface area contributed by atoms with Crippen molar-refractivity contribution in [1.29, 1.82) is 0 Å². The molecule has 0 amide bonds. The summed E-state index contributed by atoms with van der Waals surface area (Å²) in [5, 5.41) is 3.10. The van der Waals surface area contributed by atoms with Gasteiger partial charge >= 0.3 is 0 Å². The van der Waals surface area contributed by atoms with Gasteiger partial charge in [-0.25, -0.2) is 0 Å². The number of halogens is 1. The quantitative estimate of drug-likeness (QED) is 0.382. The first-order valence-electron chi connectivity index (χ1n) is 8.13. The van der Waals surface area contributed by atoms with Crippen molar-refractivity contribution in [2.75, 3.05) is 45.7 Å². The first-order valence-corrected chi connectivity index (χ1v) is 8.13. The van der Waals surface area contributed by atoms with Gasteiger partial charge in [0.2, 0.25) is 0 Å². The lowest BCUT2D eigenvalue weighted by Crippen LogP contribution is -2.28. The number of benzene rings is 1. The number of ether oxygens (including phenoxy) is 2. The Balaban J connectivity index is 0.00000288. The van der Waals surface area contributed by atoms with Gasteiger partial charge in [-0.1, -0.05) is 6.92 Å². The van der Waals surface area contributed by atoms with E-state index in [-0.39, 0.29) is 24.0 Å². The maximum absolute atomic E-state index is 5.98. The molecular formula is C17H29IN4O2. The van der Waals surface area contributed by atoms with Gasteiger partial charge in [-0.2, -0.15) is 0 Å². The van der Waals surface area contributed by atoms with E-state index in [1.54, 1.807) is 14.2 Å². The normalized spacial score (nSPS) is 16.4. The number of nitrogens with two attached hydrogens (primary N) is 1. The summed E-state index contributed by atoms with van der Waals surface area (Å²) in [5.41, 5.74) is 6.81. The van der Waals surface area contributed by atoms with Crippen LogP contribution in [0.5, 0.6) is 11.5 Å². The van der Waals surface area contributed by atoms with Crippen molar-refractivity contribution in [2.24, 2.45) is 16.6 Å². The average molecular weight is 448 g/mol. The predicted molar refractivity (Wildman–Crippen MR) is 110 cm³/mol. The molecule has 1 aromatic carbocycles. The number of methoxy groups -OCH3 is 2. The highest BCUT2D eigenvalue weighted by Gasteiger charge is 2.14. The number of guanidine groups is 1. The van der Waals surface area contributed by atoms with E-state index in [0.29, 0.717) is 23.4 Å². The van der Waals surface area contributed by atoms with Gasteiger partial charge in [-0.3, -0.25) is 4.99 Å². The molecule has 24 heavy (non-hydrogen) atoms. The Morgan fingerprint density at radius 3 is 2.54 bits per heavy atom. The van der Waals surface area contributed by atoms with Gasteiger partial charge in [0.1, 0.15) is 0 Å². The maximum Gasteiger partial charge on any atom is 0.193 e. The SMILES string of the molecule is COc1ccc(NC(N)=NCC(C)CN2CCCC2)cc1OC.I. The van der Waals surface area contributed by atoms with Gasteiger partial charge in [-0.15, -0.1) is 24.0 Å². The first kappa shape index (κ1) is 20.8. The number of nitrogens with one attached hydrogen (secondary N) is 1. The Morgan fingerprint density at radius 2 is 1.92 bits per heavy atom. The third-order valence-electron chi connectivity index (χ3n) is 4.00. The summed E-state index contributed by atoms with van der Waals surface area (Å²) in [7, 11) is 3.22. The van der Waals surface area contributed by atoms with Crippen LogP contribution in [0.3, 0.4) is 0 Å². The van der Waals surface area contributed by atoms with E-state index in [1.807, 2.05) is 18.2 Å². The third-order valence-corrected chi connectivity index (χ3v) is 4.00. The van der Waals surface area contributed by atoms with Crippen molar-refractivity contribution in [3.8, 4) is 11.5 Å². The molecule has 1 fully saturated rings. The van der Waals surface area contributed by atoms with Crippen LogP contribution in [0.4, 0.5) is 5.69 Å². The van der Waals surface area contributed by atoms with Gasteiger partial charge < -0.3 is 25.4 Å². The molecule has 1 aromatic rings. The lowest BCUT2D eigenvalue weighted by Gasteiger charge is -2.19. The minimum Gasteiger partial charge on any atom is -0.493 e. The highest BCUT2D eigenvalue weighted by molar-refractivity contribution is 14.0. The smallest absolute Gasteiger partial charge is 0.193 e. The topological polar surface area (TPSA) is 72.1 Å². The molecule has 1 unspecified atom stereocenters. The van der Waals surface area contributed by atoms with Gasteiger partial charge in [-0.05, 0) is 44.0 Å². The molecular weight excluding hydrogens is 419 g/mol. The number of likely N-dealkylation sites (tertiary alicyclic amines) is 1. The van der Waals surface area contributed by atoms with Crippen LogP contribution in [-0.4, -0.2) is 51.3 Å². The minimum absolute atomic E-state index is 0. The van der Waals surface area contributed by atoms with Crippen molar-refractivity contribution in [2.45, 2.75) is 19.8 Å². The van der Waals surface area contributed by atoms with E-state index in [2.05, 4.69) is 22.1 Å². The summed E-state index contributed by atoms with van der Waals surface area (Å²) in [6, 6.07) is 5.57. The maximum atomic E-state index is 5.98.